The van der Waals surface area contributed by atoms with Crippen molar-refractivity contribution in [3.63, 3.8) is 0 Å². The van der Waals surface area contributed by atoms with Crippen LogP contribution >= 0.6 is 0 Å². The number of rotatable bonds is 5. The van der Waals surface area contributed by atoms with Crippen molar-refractivity contribution in [2.75, 3.05) is 18.0 Å². The van der Waals surface area contributed by atoms with Gasteiger partial charge in [-0.25, -0.2) is 4.98 Å². The van der Waals surface area contributed by atoms with E-state index in [4.69, 9.17) is 0 Å². The molecule has 0 saturated carbocycles. The van der Waals surface area contributed by atoms with Crippen molar-refractivity contribution < 1.29 is 0 Å². The first kappa shape index (κ1) is 10.9. The molecular weight excluding hydrogens is 202 g/mol. The number of fused-ring (bicyclic) bond motifs is 1. The minimum atomic E-state index is 0.891. The molecule has 2 rings (SSSR count). The number of hydrogen-bond donors (Lipinski definition) is 1. The summed E-state index contributed by atoms with van der Waals surface area (Å²) in [7, 11) is 0. The lowest BCUT2D eigenvalue weighted by Crippen LogP contribution is -2.26. The van der Waals surface area contributed by atoms with Crippen molar-refractivity contribution >= 4 is 16.9 Å². The van der Waals surface area contributed by atoms with Gasteiger partial charge >= 0.3 is 0 Å². The molecular formula is C11H17N5. The van der Waals surface area contributed by atoms with Crippen molar-refractivity contribution in [3.8, 4) is 0 Å². The molecule has 2 aromatic rings. The van der Waals surface area contributed by atoms with E-state index in [2.05, 4.69) is 38.9 Å². The van der Waals surface area contributed by atoms with Gasteiger partial charge in [0.25, 0.3) is 0 Å². The zero-order valence-corrected chi connectivity index (χ0v) is 9.77. The molecule has 0 unspecified atom stereocenters. The third kappa shape index (κ3) is 1.98. The van der Waals surface area contributed by atoms with E-state index in [1.807, 2.05) is 0 Å². The summed E-state index contributed by atoms with van der Waals surface area (Å²) in [4.78, 5) is 9.61. The van der Waals surface area contributed by atoms with Gasteiger partial charge in [-0.15, -0.1) is 5.10 Å². The van der Waals surface area contributed by atoms with E-state index in [0.717, 1.165) is 42.8 Å². The lowest BCUT2D eigenvalue weighted by molar-refractivity contribution is 0.729. The fourth-order valence-electron chi connectivity index (χ4n) is 1.85. The van der Waals surface area contributed by atoms with Crippen LogP contribution < -0.4 is 4.90 Å². The first-order valence-corrected chi connectivity index (χ1v) is 5.76. The quantitative estimate of drug-likeness (QED) is 0.835. The van der Waals surface area contributed by atoms with E-state index in [-0.39, 0.29) is 0 Å². The van der Waals surface area contributed by atoms with E-state index in [1.165, 1.54) is 0 Å². The molecule has 5 nitrogen and oxygen atoms in total. The van der Waals surface area contributed by atoms with Gasteiger partial charge in [-0.05, 0) is 12.8 Å². The Morgan fingerprint density at radius 1 is 1.25 bits per heavy atom. The summed E-state index contributed by atoms with van der Waals surface area (Å²) in [5.41, 5.74) is 1.86. The molecule has 0 aromatic carbocycles. The fraction of sp³-hybridized carbons (Fsp3) is 0.545. The minimum Gasteiger partial charge on any atom is -0.353 e. The Labute approximate surface area is 94.9 Å². The summed E-state index contributed by atoms with van der Waals surface area (Å²) in [6, 6.07) is 0. The highest BCUT2D eigenvalue weighted by molar-refractivity contribution is 5.84. The second-order valence-corrected chi connectivity index (χ2v) is 3.82. The van der Waals surface area contributed by atoms with Crippen molar-refractivity contribution in [1.29, 1.82) is 0 Å². The molecule has 0 bridgehead atoms. The van der Waals surface area contributed by atoms with Crippen LogP contribution in [-0.2, 0) is 0 Å². The molecule has 0 amide bonds. The lowest BCUT2D eigenvalue weighted by atomic mass is 10.3. The van der Waals surface area contributed by atoms with E-state index in [9.17, 15) is 0 Å². The molecule has 0 saturated heterocycles. The molecule has 16 heavy (non-hydrogen) atoms. The van der Waals surface area contributed by atoms with Crippen LogP contribution in [0.4, 0.5) is 5.82 Å². The van der Waals surface area contributed by atoms with Crippen molar-refractivity contribution in [1.82, 2.24) is 20.2 Å². The number of nitrogens with zero attached hydrogens (tertiary/aromatic N) is 4. The molecule has 5 heteroatoms. The molecule has 0 spiro atoms. The molecule has 2 heterocycles. The zero-order valence-electron chi connectivity index (χ0n) is 9.77. The Hall–Kier alpha value is -1.65. The topological polar surface area (TPSA) is 57.7 Å². The highest BCUT2D eigenvalue weighted by Crippen LogP contribution is 2.20. The Morgan fingerprint density at radius 2 is 2.00 bits per heavy atom. The van der Waals surface area contributed by atoms with Crippen LogP contribution in [0.25, 0.3) is 11.0 Å². The molecule has 0 fully saturated rings. The van der Waals surface area contributed by atoms with Gasteiger partial charge in [-0.3, -0.25) is 0 Å². The Bertz CT molecular complexity index is 444. The van der Waals surface area contributed by atoms with Gasteiger partial charge in [0, 0.05) is 13.1 Å². The zero-order chi connectivity index (χ0) is 11.4. The number of imidazole rings is 1. The van der Waals surface area contributed by atoms with E-state index >= 15 is 0 Å². The maximum absolute atomic E-state index is 4.30. The van der Waals surface area contributed by atoms with Crippen LogP contribution in [0.5, 0.6) is 0 Å². The van der Waals surface area contributed by atoms with E-state index < -0.39 is 0 Å². The SMILES string of the molecule is CCCN(CCC)c1nncc2[nH]cnc12. The first-order valence-electron chi connectivity index (χ1n) is 5.76. The largest absolute Gasteiger partial charge is 0.353 e. The Morgan fingerprint density at radius 3 is 2.69 bits per heavy atom. The lowest BCUT2D eigenvalue weighted by Gasteiger charge is -2.21. The number of H-pyrrole nitrogens is 1. The predicted octanol–water partition coefficient (Wildman–Crippen LogP) is 1.98. The summed E-state index contributed by atoms with van der Waals surface area (Å²) in [5.74, 6) is 0.891. The molecule has 0 radical (unpaired) electrons. The molecule has 0 aliphatic carbocycles. The van der Waals surface area contributed by atoms with Crippen molar-refractivity contribution in [2.45, 2.75) is 26.7 Å². The Kier molecular flexibility index (Phi) is 3.34. The average Bonchev–Trinajstić information content (AvgIpc) is 2.76. The second kappa shape index (κ2) is 4.92. The van der Waals surface area contributed by atoms with Gasteiger partial charge in [-0.2, -0.15) is 5.10 Å². The summed E-state index contributed by atoms with van der Waals surface area (Å²) < 4.78 is 0. The van der Waals surface area contributed by atoms with E-state index in [0.29, 0.717) is 0 Å². The molecule has 86 valence electrons. The molecule has 0 atom stereocenters. The highest BCUT2D eigenvalue weighted by Gasteiger charge is 2.12. The predicted molar refractivity (Wildman–Crippen MR) is 64.5 cm³/mol. The van der Waals surface area contributed by atoms with E-state index in [1.54, 1.807) is 12.5 Å². The molecule has 0 aliphatic rings. The van der Waals surface area contributed by atoms with Gasteiger partial charge in [0.05, 0.1) is 18.0 Å². The van der Waals surface area contributed by atoms with Crippen LogP contribution in [0, 0.1) is 0 Å². The minimum absolute atomic E-state index is 0.891. The van der Waals surface area contributed by atoms with Crippen LogP contribution in [0.3, 0.4) is 0 Å². The average molecular weight is 219 g/mol. The van der Waals surface area contributed by atoms with Crippen molar-refractivity contribution in [2.24, 2.45) is 0 Å². The Balaban J connectivity index is 2.38. The van der Waals surface area contributed by atoms with Crippen LogP contribution in [0.15, 0.2) is 12.5 Å². The maximum atomic E-state index is 4.30. The van der Waals surface area contributed by atoms with Gasteiger partial charge in [0.2, 0.25) is 0 Å². The maximum Gasteiger partial charge on any atom is 0.179 e. The normalized spacial score (nSPS) is 10.9. The smallest absolute Gasteiger partial charge is 0.179 e. The summed E-state index contributed by atoms with van der Waals surface area (Å²) in [5, 5.41) is 8.22. The van der Waals surface area contributed by atoms with Gasteiger partial charge in [0.15, 0.2) is 5.82 Å². The number of hydrogen-bond acceptors (Lipinski definition) is 4. The number of nitrogens with one attached hydrogen (secondary N) is 1. The second-order valence-electron chi connectivity index (χ2n) is 3.82. The third-order valence-electron chi connectivity index (χ3n) is 2.51. The molecule has 0 aliphatic heterocycles. The van der Waals surface area contributed by atoms with Crippen LogP contribution in [0.2, 0.25) is 0 Å². The van der Waals surface area contributed by atoms with Crippen LogP contribution in [-0.4, -0.2) is 33.3 Å². The fourth-order valence-corrected chi connectivity index (χ4v) is 1.85. The van der Waals surface area contributed by atoms with Crippen LogP contribution in [0.1, 0.15) is 26.7 Å². The summed E-state index contributed by atoms with van der Waals surface area (Å²) in [6.45, 7) is 6.32. The first-order chi connectivity index (χ1) is 7.86. The summed E-state index contributed by atoms with van der Waals surface area (Å²) >= 11 is 0. The number of aromatic amines is 1. The monoisotopic (exact) mass is 219 g/mol. The number of aromatic nitrogens is 4. The third-order valence-corrected chi connectivity index (χ3v) is 2.51. The number of anilines is 1. The standard InChI is InChI=1S/C11H17N5/c1-3-5-16(6-4-2)11-10-9(7-14-15-11)12-8-13-10/h7-8H,3-6H2,1-2H3,(H,12,13). The molecule has 2 aromatic heterocycles. The van der Waals surface area contributed by atoms with Gasteiger partial charge in [-0.1, -0.05) is 13.8 Å². The highest BCUT2D eigenvalue weighted by atomic mass is 15.3. The van der Waals surface area contributed by atoms with Gasteiger partial charge < -0.3 is 9.88 Å². The summed E-state index contributed by atoms with van der Waals surface area (Å²) in [6.07, 6.45) is 5.60. The van der Waals surface area contributed by atoms with Crippen molar-refractivity contribution in [3.05, 3.63) is 12.5 Å². The molecule has 1 N–H and O–H groups in total. The van der Waals surface area contributed by atoms with Gasteiger partial charge in [0.1, 0.15) is 5.52 Å².